The van der Waals surface area contributed by atoms with Crippen LogP contribution in [-0.2, 0) is 9.59 Å². The SMILES string of the molecule is Cc1ccc(N(CC(=O)Nc2ccc(C(=O)O)cc2)C(=O)C2CC2)cc1C. The van der Waals surface area contributed by atoms with Crippen LogP contribution in [0.25, 0.3) is 0 Å². The number of anilines is 2. The molecule has 0 saturated heterocycles. The number of carboxylic acids is 1. The lowest BCUT2D eigenvalue weighted by Gasteiger charge is -2.23. The van der Waals surface area contributed by atoms with E-state index < -0.39 is 5.97 Å². The summed E-state index contributed by atoms with van der Waals surface area (Å²) in [5.74, 6) is -1.39. The molecule has 1 fully saturated rings. The third-order valence-electron chi connectivity index (χ3n) is 4.71. The number of nitrogens with one attached hydrogen (secondary N) is 1. The van der Waals surface area contributed by atoms with Crippen LogP contribution in [-0.4, -0.2) is 29.4 Å². The molecule has 6 nitrogen and oxygen atoms in total. The van der Waals surface area contributed by atoms with Gasteiger partial charge in [-0.05, 0) is 74.2 Å². The molecule has 140 valence electrons. The van der Waals surface area contributed by atoms with Gasteiger partial charge in [-0.3, -0.25) is 9.59 Å². The molecular formula is C21H22N2O4. The van der Waals surface area contributed by atoms with E-state index >= 15 is 0 Å². The molecule has 1 aliphatic rings. The lowest BCUT2D eigenvalue weighted by atomic mass is 10.1. The van der Waals surface area contributed by atoms with Crippen LogP contribution in [0.5, 0.6) is 0 Å². The molecule has 0 spiro atoms. The number of hydrogen-bond donors (Lipinski definition) is 2. The maximum atomic E-state index is 12.7. The predicted octanol–water partition coefficient (Wildman–Crippen LogP) is 3.38. The van der Waals surface area contributed by atoms with E-state index in [1.54, 1.807) is 0 Å². The Kier molecular flexibility index (Phi) is 5.26. The molecule has 0 atom stereocenters. The number of carbonyl (C=O) groups excluding carboxylic acids is 2. The lowest BCUT2D eigenvalue weighted by molar-refractivity contribution is -0.122. The molecule has 2 aromatic carbocycles. The molecule has 0 unspecified atom stereocenters. The fourth-order valence-electron chi connectivity index (χ4n) is 2.78. The van der Waals surface area contributed by atoms with Gasteiger partial charge in [0, 0.05) is 17.3 Å². The average molecular weight is 366 g/mol. The van der Waals surface area contributed by atoms with Crippen LogP contribution in [0.15, 0.2) is 42.5 Å². The number of aromatic carboxylic acids is 1. The molecular weight excluding hydrogens is 344 g/mol. The Hall–Kier alpha value is -3.15. The molecule has 1 saturated carbocycles. The Balaban J connectivity index is 1.74. The highest BCUT2D eigenvalue weighted by Gasteiger charge is 2.35. The minimum atomic E-state index is -1.02. The van der Waals surface area contributed by atoms with E-state index in [-0.39, 0.29) is 29.8 Å². The Morgan fingerprint density at radius 1 is 1.04 bits per heavy atom. The number of aryl methyl sites for hydroxylation is 2. The van der Waals surface area contributed by atoms with Crippen LogP contribution in [0.1, 0.15) is 34.3 Å². The van der Waals surface area contributed by atoms with Crippen molar-refractivity contribution >= 4 is 29.2 Å². The van der Waals surface area contributed by atoms with Crippen LogP contribution in [0, 0.1) is 19.8 Å². The zero-order valence-electron chi connectivity index (χ0n) is 15.4. The van der Waals surface area contributed by atoms with Gasteiger partial charge in [-0.1, -0.05) is 6.07 Å². The minimum Gasteiger partial charge on any atom is -0.478 e. The van der Waals surface area contributed by atoms with Gasteiger partial charge in [-0.2, -0.15) is 0 Å². The molecule has 3 rings (SSSR count). The van der Waals surface area contributed by atoms with Crippen LogP contribution >= 0.6 is 0 Å². The van der Waals surface area contributed by atoms with Crippen LogP contribution in [0.2, 0.25) is 0 Å². The molecule has 0 bridgehead atoms. The van der Waals surface area contributed by atoms with E-state index in [2.05, 4.69) is 5.32 Å². The topological polar surface area (TPSA) is 86.7 Å². The zero-order chi connectivity index (χ0) is 19.6. The number of hydrogen-bond acceptors (Lipinski definition) is 3. The van der Waals surface area contributed by atoms with E-state index in [0.29, 0.717) is 11.4 Å². The first-order chi connectivity index (χ1) is 12.8. The largest absolute Gasteiger partial charge is 0.478 e. The van der Waals surface area contributed by atoms with Crippen molar-refractivity contribution in [1.29, 1.82) is 0 Å². The van der Waals surface area contributed by atoms with Crippen LogP contribution < -0.4 is 10.2 Å². The summed E-state index contributed by atoms with van der Waals surface area (Å²) in [5.41, 5.74) is 3.54. The number of carboxylic acid groups (broad SMARTS) is 1. The standard InChI is InChI=1S/C21H22N2O4/c1-13-3-10-18(11-14(13)2)23(20(25)15-4-5-15)12-19(24)22-17-8-6-16(7-9-17)21(26)27/h3,6-11,15H,4-5,12H2,1-2H3,(H,22,24)(H,26,27). The molecule has 2 amide bonds. The van der Waals surface area contributed by atoms with Crippen molar-refractivity contribution < 1.29 is 19.5 Å². The summed E-state index contributed by atoms with van der Waals surface area (Å²) in [6, 6.07) is 11.6. The summed E-state index contributed by atoms with van der Waals surface area (Å²) in [5, 5.41) is 11.7. The van der Waals surface area contributed by atoms with E-state index in [4.69, 9.17) is 5.11 Å². The van der Waals surface area contributed by atoms with Crippen molar-refractivity contribution in [2.75, 3.05) is 16.8 Å². The normalized spacial score (nSPS) is 13.1. The molecule has 1 aliphatic carbocycles. The highest BCUT2D eigenvalue weighted by molar-refractivity contribution is 6.04. The molecule has 6 heteroatoms. The Labute approximate surface area is 157 Å². The summed E-state index contributed by atoms with van der Waals surface area (Å²) < 4.78 is 0. The van der Waals surface area contributed by atoms with Crippen molar-refractivity contribution in [1.82, 2.24) is 0 Å². The monoisotopic (exact) mass is 366 g/mol. The summed E-state index contributed by atoms with van der Waals surface area (Å²) >= 11 is 0. The second-order valence-corrected chi connectivity index (χ2v) is 6.90. The number of amides is 2. The van der Waals surface area contributed by atoms with Gasteiger partial charge < -0.3 is 15.3 Å². The van der Waals surface area contributed by atoms with Gasteiger partial charge >= 0.3 is 5.97 Å². The van der Waals surface area contributed by atoms with E-state index in [1.807, 2.05) is 32.0 Å². The number of rotatable bonds is 6. The first-order valence-electron chi connectivity index (χ1n) is 8.87. The summed E-state index contributed by atoms with van der Waals surface area (Å²) in [6.45, 7) is 3.89. The molecule has 0 aromatic heterocycles. The molecule has 27 heavy (non-hydrogen) atoms. The van der Waals surface area contributed by atoms with Gasteiger partial charge in [0.1, 0.15) is 6.54 Å². The predicted molar refractivity (Wildman–Crippen MR) is 103 cm³/mol. The fraction of sp³-hybridized carbons (Fsp3) is 0.286. The first-order valence-corrected chi connectivity index (χ1v) is 8.87. The third-order valence-corrected chi connectivity index (χ3v) is 4.71. The van der Waals surface area contributed by atoms with E-state index in [1.165, 1.54) is 29.2 Å². The maximum absolute atomic E-state index is 12.7. The van der Waals surface area contributed by atoms with Gasteiger partial charge in [0.25, 0.3) is 0 Å². The van der Waals surface area contributed by atoms with Crippen molar-refractivity contribution in [3.63, 3.8) is 0 Å². The smallest absolute Gasteiger partial charge is 0.335 e. The quantitative estimate of drug-likeness (QED) is 0.820. The third kappa shape index (κ3) is 4.53. The Morgan fingerprint density at radius 3 is 2.26 bits per heavy atom. The summed E-state index contributed by atoms with van der Waals surface area (Å²) in [6.07, 6.45) is 1.72. The van der Waals surface area contributed by atoms with Gasteiger partial charge in [0.15, 0.2) is 0 Å². The minimum absolute atomic E-state index is 0.00532. The van der Waals surface area contributed by atoms with Gasteiger partial charge in [0.2, 0.25) is 11.8 Å². The van der Waals surface area contributed by atoms with Crippen molar-refractivity contribution in [2.45, 2.75) is 26.7 Å². The molecule has 2 N–H and O–H groups in total. The maximum Gasteiger partial charge on any atom is 0.335 e. The highest BCUT2D eigenvalue weighted by Crippen LogP contribution is 2.33. The van der Waals surface area contributed by atoms with Gasteiger partial charge in [-0.25, -0.2) is 4.79 Å². The van der Waals surface area contributed by atoms with E-state index in [0.717, 1.165) is 24.0 Å². The number of nitrogens with zero attached hydrogens (tertiary/aromatic N) is 1. The van der Waals surface area contributed by atoms with Gasteiger partial charge in [-0.15, -0.1) is 0 Å². The molecule has 0 heterocycles. The Morgan fingerprint density at radius 2 is 1.70 bits per heavy atom. The number of carbonyl (C=O) groups is 3. The number of benzene rings is 2. The average Bonchev–Trinajstić information content (AvgIpc) is 3.47. The first kappa shape index (κ1) is 18.6. The Bertz CT molecular complexity index is 886. The molecule has 2 aromatic rings. The van der Waals surface area contributed by atoms with Crippen LogP contribution in [0.4, 0.5) is 11.4 Å². The lowest BCUT2D eigenvalue weighted by Crippen LogP contribution is -2.39. The van der Waals surface area contributed by atoms with Gasteiger partial charge in [0.05, 0.1) is 5.56 Å². The zero-order valence-corrected chi connectivity index (χ0v) is 15.4. The van der Waals surface area contributed by atoms with E-state index in [9.17, 15) is 14.4 Å². The summed E-state index contributed by atoms with van der Waals surface area (Å²) in [7, 11) is 0. The summed E-state index contributed by atoms with van der Waals surface area (Å²) in [4.78, 5) is 37.6. The van der Waals surface area contributed by atoms with Crippen molar-refractivity contribution in [3.8, 4) is 0 Å². The highest BCUT2D eigenvalue weighted by atomic mass is 16.4. The second kappa shape index (κ2) is 7.61. The molecule has 0 aliphatic heterocycles. The molecule has 0 radical (unpaired) electrons. The van der Waals surface area contributed by atoms with Crippen LogP contribution in [0.3, 0.4) is 0 Å². The second-order valence-electron chi connectivity index (χ2n) is 6.90. The fourth-order valence-corrected chi connectivity index (χ4v) is 2.78. The van der Waals surface area contributed by atoms with Crippen molar-refractivity contribution in [2.24, 2.45) is 5.92 Å². The van der Waals surface area contributed by atoms with Crippen molar-refractivity contribution in [3.05, 3.63) is 59.2 Å².